The van der Waals surface area contributed by atoms with Crippen LogP contribution in [0.5, 0.6) is 5.75 Å². The molecule has 19 heavy (non-hydrogen) atoms. The van der Waals surface area contributed by atoms with Gasteiger partial charge in [0.05, 0.1) is 6.07 Å². The quantitative estimate of drug-likeness (QED) is 0.884. The van der Waals surface area contributed by atoms with Crippen LogP contribution < -0.4 is 10.1 Å². The number of ether oxygens (including phenoxy) is 1. The third kappa shape index (κ3) is 3.99. The zero-order valence-electron chi connectivity index (χ0n) is 11.9. The molecule has 0 aromatic heterocycles. The van der Waals surface area contributed by atoms with Gasteiger partial charge in [0.15, 0.2) is 6.61 Å². The Morgan fingerprint density at radius 3 is 2.63 bits per heavy atom. The number of carbonyl (C=O) groups excluding carboxylic acids is 1. The molecule has 0 radical (unpaired) electrons. The molecule has 1 amide bonds. The molecule has 0 saturated heterocycles. The predicted octanol–water partition coefficient (Wildman–Crippen LogP) is 2.43. The minimum Gasteiger partial charge on any atom is -0.484 e. The molecule has 1 aromatic carbocycles. The maximum absolute atomic E-state index is 11.8. The van der Waals surface area contributed by atoms with E-state index >= 15 is 0 Å². The molecule has 0 aliphatic heterocycles. The van der Waals surface area contributed by atoms with E-state index in [-0.39, 0.29) is 18.4 Å². The molecule has 1 N–H and O–H groups in total. The number of carbonyl (C=O) groups is 1. The minimum absolute atomic E-state index is 0.0277. The van der Waals surface area contributed by atoms with E-state index in [1.54, 1.807) is 6.92 Å². The summed E-state index contributed by atoms with van der Waals surface area (Å²) in [5, 5.41) is 11.8. The molecular weight excluding hydrogens is 240 g/mol. The highest BCUT2D eigenvalue weighted by Crippen LogP contribution is 2.17. The Kier molecular flexibility index (Phi) is 4.94. The maximum Gasteiger partial charge on any atom is 0.259 e. The van der Waals surface area contributed by atoms with Crippen LogP contribution in [0.4, 0.5) is 0 Å². The number of hydrogen-bond acceptors (Lipinski definition) is 3. The zero-order chi connectivity index (χ0) is 14.5. The summed E-state index contributed by atoms with van der Waals surface area (Å²) in [7, 11) is 0. The summed E-state index contributed by atoms with van der Waals surface area (Å²) in [6.07, 6.45) is 0. The number of aryl methyl sites for hydroxylation is 1. The van der Waals surface area contributed by atoms with Gasteiger partial charge in [-0.15, -0.1) is 0 Å². The van der Waals surface area contributed by atoms with Crippen molar-refractivity contribution in [3.63, 3.8) is 0 Å². The van der Waals surface area contributed by atoms with E-state index in [1.165, 1.54) is 0 Å². The van der Waals surface area contributed by atoms with E-state index in [0.717, 1.165) is 5.56 Å². The van der Waals surface area contributed by atoms with Crippen LogP contribution in [-0.2, 0) is 4.79 Å². The lowest BCUT2D eigenvalue weighted by Crippen LogP contribution is -2.50. The Morgan fingerprint density at radius 1 is 1.47 bits per heavy atom. The summed E-state index contributed by atoms with van der Waals surface area (Å²) in [6, 6.07) is 9.63. The Balaban J connectivity index is 2.58. The van der Waals surface area contributed by atoms with Crippen LogP contribution in [0.3, 0.4) is 0 Å². The second-order valence-electron chi connectivity index (χ2n) is 5.07. The fraction of sp³-hybridized carbons (Fsp3) is 0.467. The molecule has 0 unspecified atom stereocenters. The lowest BCUT2D eigenvalue weighted by molar-refractivity contribution is -0.124. The molecule has 1 atom stereocenters. The average molecular weight is 260 g/mol. The number of para-hydroxylation sites is 1. The van der Waals surface area contributed by atoms with Crippen LogP contribution in [0.15, 0.2) is 24.3 Å². The van der Waals surface area contributed by atoms with E-state index < -0.39 is 5.54 Å². The predicted molar refractivity (Wildman–Crippen MR) is 73.7 cm³/mol. The van der Waals surface area contributed by atoms with Crippen molar-refractivity contribution < 1.29 is 9.53 Å². The monoisotopic (exact) mass is 260 g/mol. The summed E-state index contributed by atoms with van der Waals surface area (Å²) in [5.41, 5.74) is 0.105. The van der Waals surface area contributed by atoms with Gasteiger partial charge < -0.3 is 10.1 Å². The molecule has 1 rings (SSSR count). The van der Waals surface area contributed by atoms with Crippen molar-refractivity contribution in [3.05, 3.63) is 29.8 Å². The van der Waals surface area contributed by atoms with Gasteiger partial charge in [0.2, 0.25) is 0 Å². The first-order valence-corrected chi connectivity index (χ1v) is 6.29. The van der Waals surface area contributed by atoms with Crippen LogP contribution in [0.25, 0.3) is 0 Å². The van der Waals surface area contributed by atoms with Crippen LogP contribution in [-0.4, -0.2) is 18.1 Å². The molecule has 4 nitrogen and oxygen atoms in total. The van der Waals surface area contributed by atoms with Crippen LogP contribution >= 0.6 is 0 Å². The summed E-state index contributed by atoms with van der Waals surface area (Å²) < 4.78 is 5.45. The largest absolute Gasteiger partial charge is 0.484 e. The van der Waals surface area contributed by atoms with E-state index in [4.69, 9.17) is 10.00 Å². The molecule has 0 aliphatic carbocycles. The highest BCUT2D eigenvalue weighted by molar-refractivity contribution is 5.78. The van der Waals surface area contributed by atoms with Gasteiger partial charge in [-0.3, -0.25) is 4.79 Å². The van der Waals surface area contributed by atoms with Crippen molar-refractivity contribution in [1.29, 1.82) is 5.26 Å². The van der Waals surface area contributed by atoms with Gasteiger partial charge >= 0.3 is 0 Å². The fourth-order valence-corrected chi connectivity index (χ4v) is 1.49. The SMILES string of the molecule is Cc1ccccc1OCC(=O)N[C@@](C)(C#N)C(C)C. The Morgan fingerprint density at radius 2 is 2.11 bits per heavy atom. The van der Waals surface area contributed by atoms with E-state index in [1.807, 2.05) is 45.0 Å². The number of nitriles is 1. The topological polar surface area (TPSA) is 62.1 Å². The first-order chi connectivity index (χ1) is 8.89. The summed E-state index contributed by atoms with van der Waals surface area (Å²) in [5.74, 6) is 0.418. The van der Waals surface area contributed by atoms with Crippen molar-refractivity contribution in [2.75, 3.05) is 6.61 Å². The second-order valence-corrected chi connectivity index (χ2v) is 5.07. The molecule has 0 bridgehead atoms. The Hall–Kier alpha value is -2.02. The second kappa shape index (κ2) is 6.24. The van der Waals surface area contributed by atoms with Gasteiger partial charge in [0, 0.05) is 0 Å². The van der Waals surface area contributed by atoms with Crippen molar-refractivity contribution in [3.8, 4) is 11.8 Å². The van der Waals surface area contributed by atoms with E-state index in [0.29, 0.717) is 5.75 Å². The Bertz CT molecular complexity index is 491. The van der Waals surface area contributed by atoms with Gasteiger partial charge in [-0.1, -0.05) is 32.0 Å². The average Bonchev–Trinajstić information content (AvgIpc) is 2.37. The lowest BCUT2D eigenvalue weighted by atomic mass is 9.90. The van der Waals surface area contributed by atoms with E-state index in [9.17, 15) is 4.79 Å². The lowest BCUT2D eigenvalue weighted by Gasteiger charge is -2.27. The highest BCUT2D eigenvalue weighted by Gasteiger charge is 2.29. The number of rotatable bonds is 5. The molecular formula is C15H20N2O2. The molecule has 0 aliphatic rings. The van der Waals surface area contributed by atoms with Gasteiger partial charge in [0.1, 0.15) is 11.3 Å². The van der Waals surface area contributed by atoms with Gasteiger partial charge in [0.25, 0.3) is 5.91 Å². The Labute approximate surface area is 114 Å². The summed E-state index contributed by atoms with van der Waals surface area (Å²) in [6.45, 7) is 7.33. The molecule has 4 heteroatoms. The van der Waals surface area contributed by atoms with E-state index in [2.05, 4.69) is 11.4 Å². The van der Waals surface area contributed by atoms with Crippen molar-refractivity contribution in [1.82, 2.24) is 5.32 Å². The van der Waals surface area contributed by atoms with Gasteiger partial charge in [-0.05, 0) is 31.4 Å². The van der Waals surface area contributed by atoms with Gasteiger partial charge in [-0.2, -0.15) is 5.26 Å². The standard InChI is InChI=1S/C15H20N2O2/c1-11(2)15(4,10-16)17-14(18)9-19-13-8-6-5-7-12(13)3/h5-8,11H,9H2,1-4H3,(H,17,18)/t15-/m0/s1. The number of benzene rings is 1. The fourth-order valence-electron chi connectivity index (χ4n) is 1.49. The molecule has 1 aromatic rings. The normalized spacial score (nSPS) is 13.5. The number of nitrogens with zero attached hydrogens (tertiary/aromatic N) is 1. The number of nitrogens with one attached hydrogen (secondary N) is 1. The van der Waals surface area contributed by atoms with Crippen molar-refractivity contribution >= 4 is 5.91 Å². The van der Waals surface area contributed by atoms with Gasteiger partial charge in [-0.25, -0.2) is 0 Å². The minimum atomic E-state index is -0.869. The molecule has 102 valence electrons. The zero-order valence-corrected chi connectivity index (χ0v) is 11.9. The first-order valence-electron chi connectivity index (χ1n) is 6.29. The van der Waals surface area contributed by atoms with Crippen molar-refractivity contribution in [2.24, 2.45) is 5.92 Å². The highest BCUT2D eigenvalue weighted by atomic mass is 16.5. The smallest absolute Gasteiger partial charge is 0.259 e. The summed E-state index contributed by atoms with van der Waals surface area (Å²) >= 11 is 0. The third-order valence-electron chi connectivity index (χ3n) is 3.24. The molecule has 0 fully saturated rings. The number of amides is 1. The van der Waals surface area contributed by atoms with Crippen LogP contribution in [0.2, 0.25) is 0 Å². The summed E-state index contributed by atoms with van der Waals surface area (Å²) in [4.78, 5) is 11.8. The maximum atomic E-state index is 11.8. The molecule has 0 saturated carbocycles. The van der Waals surface area contributed by atoms with Crippen LogP contribution in [0.1, 0.15) is 26.3 Å². The molecule has 0 heterocycles. The molecule has 0 spiro atoms. The van der Waals surface area contributed by atoms with Crippen molar-refractivity contribution in [2.45, 2.75) is 33.2 Å². The van der Waals surface area contributed by atoms with Crippen LogP contribution in [0, 0.1) is 24.2 Å². The number of hydrogen-bond donors (Lipinski definition) is 1. The first kappa shape index (κ1) is 15.0. The third-order valence-corrected chi connectivity index (χ3v) is 3.24.